The molecule has 1 fully saturated rings. The van der Waals surface area contributed by atoms with E-state index in [9.17, 15) is 19.8 Å². The van der Waals surface area contributed by atoms with E-state index in [1.807, 2.05) is 25.1 Å². The molecule has 4 N–H and O–H groups in total. The maximum Gasteiger partial charge on any atom is 0.345 e. The zero-order chi connectivity index (χ0) is 23.0. The highest BCUT2D eigenvalue weighted by Crippen LogP contribution is 2.32. The van der Waals surface area contributed by atoms with Gasteiger partial charge in [0, 0.05) is 48.3 Å². The van der Waals surface area contributed by atoms with Crippen LogP contribution in [-0.2, 0) is 20.0 Å². The number of carbonyl (C=O) groups is 1. The Morgan fingerprint density at radius 2 is 2.00 bits per heavy atom. The molecule has 0 radical (unpaired) electrons. The van der Waals surface area contributed by atoms with Gasteiger partial charge in [-0.25, -0.2) is 4.79 Å². The molecule has 0 bridgehead atoms. The summed E-state index contributed by atoms with van der Waals surface area (Å²) in [6.07, 6.45) is 2.77. The van der Waals surface area contributed by atoms with Crippen LogP contribution in [0.2, 0.25) is 0 Å². The minimum atomic E-state index is -1.44. The smallest absolute Gasteiger partial charge is 0.345 e. The molecule has 3 aromatic rings. The predicted molar refractivity (Wildman–Crippen MR) is 139 cm³/mol. The van der Waals surface area contributed by atoms with E-state index in [0.29, 0.717) is 23.7 Å². The number of nitrogens with one attached hydrogen (secondary N) is 2. The van der Waals surface area contributed by atoms with Crippen LogP contribution in [0.3, 0.4) is 0 Å². The molecular weight excluding hydrogens is 479 g/mol. The lowest BCUT2D eigenvalue weighted by Crippen LogP contribution is -2.43. The van der Waals surface area contributed by atoms with Gasteiger partial charge in [-0.1, -0.05) is 13.0 Å². The fraction of sp³-hybridized carbons (Fsp3) is 0.417. The number of benzene rings is 1. The number of piperidine rings is 1. The van der Waals surface area contributed by atoms with Crippen molar-refractivity contribution in [3.05, 3.63) is 51.4 Å². The number of aromatic nitrogens is 2. The third-order valence-corrected chi connectivity index (χ3v) is 6.59. The second-order valence-corrected chi connectivity index (χ2v) is 8.57. The van der Waals surface area contributed by atoms with Crippen LogP contribution in [0.15, 0.2) is 29.1 Å². The van der Waals surface area contributed by atoms with Crippen molar-refractivity contribution < 1.29 is 15.0 Å². The van der Waals surface area contributed by atoms with Gasteiger partial charge in [-0.3, -0.25) is 9.69 Å². The highest BCUT2D eigenvalue weighted by atomic mass is 35.5. The topological polar surface area (TPSA) is 111 Å². The number of aromatic hydroxyl groups is 1. The van der Waals surface area contributed by atoms with Crippen molar-refractivity contribution in [2.75, 3.05) is 20.1 Å². The molecule has 1 aliphatic heterocycles. The Labute approximate surface area is 210 Å². The summed E-state index contributed by atoms with van der Waals surface area (Å²) in [6, 6.07) is 8.54. The molecular formula is C24H32Cl2N4O4. The van der Waals surface area contributed by atoms with E-state index in [0.717, 1.165) is 36.1 Å². The minimum Gasteiger partial charge on any atom is -0.506 e. The second-order valence-electron chi connectivity index (χ2n) is 8.57. The summed E-state index contributed by atoms with van der Waals surface area (Å²) in [7, 11) is 4.21. The third-order valence-electron chi connectivity index (χ3n) is 6.59. The van der Waals surface area contributed by atoms with E-state index in [4.69, 9.17) is 0 Å². The summed E-state index contributed by atoms with van der Waals surface area (Å²) in [5.74, 6) is -1.90. The molecule has 0 aliphatic carbocycles. The molecule has 3 heterocycles. The normalized spacial score (nSPS) is 15.7. The van der Waals surface area contributed by atoms with Crippen LogP contribution in [0.5, 0.6) is 5.75 Å². The molecule has 2 aromatic heterocycles. The Kier molecular flexibility index (Phi) is 9.19. The number of hydrogen-bond acceptors (Lipinski definition) is 5. The first-order valence-electron chi connectivity index (χ1n) is 11.0. The van der Waals surface area contributed by atoms with Gasteiger partial charge in [0.1, 0.15) is 5.75 Å². The van der Waals surface area contributed by atoms with Gasteiger partial charge in [0.2, 0.25) is 0 Å². The Bertz CT molecular complexity index is 1230. The third kappa shape index (κ3) is 5.10. The van der Waals surface area contributed by atoms with E-state index >= 15 is 0 Å². The van der Waals surface area contributed by atoms with Gasteiger partial charge < -0.3 is 25.1 Å². The van der Waals surface area contributed by atoms with Gasteiger partial charge in [0.05, 0.1) is 5.69 Å². The first kappa shape index (κ1) is 27.7. The van der Waals surface area contributed by atoms with E-state index in [1.165, 1.54) is 18.5 Å². The van der Waals surface area contributed by atoms with Gasteiger partial charge in [0.15, 0.2) is 5.56 Å². The summed E-state index contributed by atoms with van der Waals surface area (Å²) in [5, 5.41) is 24.2. The predicted octanol–water partition coefficient (Wildman–Crippen LogP) is 3.53. The number of hydrogen-bond donors (Lipinski definition) is 4. The summed E-state index contributed by atoms with van der Waals surface area (Å²) < 4.78 is 2.18. The van der Waals surface area contributed by atoms with Crippen LogP contribution in [0.4, 0.5) is 0 Å². The first-order chi connectivity index (χ1) is 15.3. The quantitative estimate of drug-likeness (QED) is 0.403. The number of likely N-dealkylation sites (N-methyl/N-ethyl adjacent to an activating group) is 1. The van der Waals surface area contributed by atoms with E-state index in [1.54, 1.807) is 0 Å². The van der Waals surface area contributed by atoms with Crippen molar-refractivity contribution in [3.63, 3.8) is 0 Å². The van der Waals surface area contributed by atoms with Crippen LogP contribution < -0.4 is 10.9 Å². The zero-order valence-corrected chi connectivity index (χ0v) is 21.2. The molecule has 10 heteroatoms. The summed E-state index contributed by atoms with van der Waals surface area (Å²) in [4.78, 5) is 28.8. The molecule has 1 aromatic carbocycles. The average Bonchev–Trinajstić information content (AvgIpc) is 3.08. The van der Waals surface area contributed by atoms with Crippen molar-refractivity contribution in [2.24, 2.45) is 7.05 Å². The Balaban J connectivity index is 0.00000204. The first-order valence-corrected chi connectivity index (χ1v) is 11.0. The molecule has 1 unspecified atom stereocenters. The highest BCUT2D eigenvalue weighted by Gasteiger charge is 2.23. The number of pyridine rings is 1. The van der Waals surface area contributed by atoms with Gasteiger partial charge in [-0.15, -0.1) is 24.8 Å². The van der Waals surface area contributed by atoms with Crippen molar-refractivity contribution in [1.29, 1.82) is 0 Å². The maximum atomic E-state index is 12.3. The van der Waals surface area contributed by atoms with Gasteiger partial charge in [-0.2, -0.15) is 0 Å². The van der Waals surface area contributed by atoms with E-state index < -0.39 is 22.8 Å². The van der Waals surface area contributed by atoms with Crippen molar-refractivity contribution in [1.82, 2.24) is 19.8 Å². The number of nitrogens with zero attached hydrogens (tertiary/aromatic N) is 2. The number of aromatic amines is 1. The lowest BCUT2D eigenvalue weighted by molar-refractivity contribution is 0.0691. The molecule has 1 aliphatic rings. The Morgan fingerprint density at radius 3 is 2.62 bits per heavy atom. The number of fused-ring (bicyclic) bond motifs is 1. The monoisotopic (exact) mass is 510 g/mol. The summed E-state index contributed by atoms with van der Waals surface area (Å²) in [5.41, 5.74) is 2.46. The van der Waals surface area contributed by atoms with E-state index in [2.05, 4.69) is 39.9 Å². The number of carboxylic acids is 1. The molecule has 1 atom stereocenters. The maximum absolute atomic E-state index is 12.3. The highest BCUT2D eigenvalue weighted by molar-refractivity contribution is 5.92. The Hall–Kier alpha value is -2.52. The molecule has 1 saturated heterocycles. The second kappa shape index (κ2) is 11.3. The molecule has 0 amide bonds. The minimum absolute atomic E-state index is 0. The van der Waals surface area contributed by atoms with Crippen molar-refractivity contribution >= 4 is 41.7 Å². The molecule has 0 saturated carbocycles. The van der Waals surface area contributed by atoms with Crippen LogP contribution in [-0.4, -0.2) is 56.8 Å². The standard InChI is InChI=1S/C24H30N4O4.2ClH/c1-4-18-21(26-23(30)20(22(18)29)24(31)32)14-7-8-19-15(10-14)11-17(28(19)3)13-27(2)16-6-5-9-25-12-16;;/h7-8,10-11,16,25H,4-6,9,12-13H2,1-3H3,(H,31,32)(H2,26,29,30);2*1H. The molecule has 186 valence electrons. The molecule has 34 heavy (non-hydrogen) atoms. The SMILES string of the molecule is CCc1c(-c2ccc3c(c2)cc(CN(C)C2CCCNC2)n3C)[nH]c(=O)c(C(=O)O)c1O.Cl.Cl. The Morgan fingerprint density at radius 1 is 1.26 bits per heavy atom. The average molecular weight is 511 g/mol. The van der Waals surface area contributed by atoms with E-state index in [-0.39, 0.29) is 24.8 Å². The lowest BCUT2D eigenvalue weighted by Gasteiger charge is -2.31. The fourth-order valence-corrected chi connectivity index (χ4v) is 4.73. The number of H-pyrrole nitrogens is 1. The molecule has 0 spiro atoms. The number of aryl methyl sites for hydroxylation is 1. The van der Waals surface area contributed by atoms with Gasteiger partial charge >= 0.3 is 5.97 Å². The van der Waals surface area contributed by atoms with Gasteiger partial charge in [0.25, 0.3) is 5.56 Å². The summed E-state index contributed by atoms with van der Waals surface area (Å²) in [6.45, 7) is 4.75. The lowest BCUT2D eigenvalue weighted by atomic mass is 9.99. The number of rotatable bonds is 6. The number of halogens is 2. The van der Waals surface area contributed by atoms with Crippen LogP contribution in [0, 0.1) is 0 Å². The number of aromatic carboxylic acids is 1. The van der Waals surface area contributed by atoms with Crippen molar-refractivity contribution in [2.45, 2.75) is 38.8 Å². The zero-order valence-electron chi connectivity index (χ0n) is 19.6. The fourth-order valence-electron chi connectivity index (χ4n) is 4.73. The molecule has 4 rings (SSSR count). The van der Waals surface area contributed by atoms with Gasteiger partial charge in [-0.05, 0) is 56.6 Å². The molecule has 8 nitrogen and oxygen atoms in total. The summed E-state index contributed by atoms with van der Waals surface area (Å²) >= 11 is 0. The van der Waals surface area contributed by atoms with Crippen LogP contribution in [0.25, 0.3) is 22.2 Å². The largest absolute Gasteiger partial charge is 0.506 e. The van der Waals surface area contributed by atoms with Crippen LogP contribution in [0.1, 0.15) is 41.4 Å². The number of carboxylic acid groups (broad SMARTS) is 1. The van der Waals surface area contributed by atoms with Crippen LogP contribution >= 0.6 is 24.8 Å². The van der Waals surface area contributed by atoms with Crippen molar-refractivity contribution in [3.8, 4) is 17.0 Å².